The maximum Gasteiger partial charge on any atom is 0.333 e. The van der Waals surface area contributed by atoms with Gasteiger partial charge in [0.15, 0.2) is 0 Å². The quantitative estimate of drug-likeness (QED) is 0.233. The van der Waals surface area contributed by atoms with Crippen LogP contribution in [0.2, 0.25) is 0 Å². The van der Waals surface area contributed by atoms with E-state index in [2.05, 4.69) is 11.9 Å². The average Bonchev–Trinajstić information content (AvgIpc) is 3.11. The predicted octanol–water partition coefficient (Wildman–Crippen LogP) is -0.935. The fourth-order valence-electron chi connectivity index (χ4n) is 0.739. The standard InChI is InChI=1S/C7H10O3.C4H11NO2/c1-5(2)7(8)10-4-6-3-9-6;6-3-1-5-2-4-7/h6H,1,3-4H2,2H3;5-7H,1-4H2. The van der Waals surface area contributed by atoms with Gasteiger partial charge < -0.3 is 25.0 Å². The van der Waals surface area contributed by atoms with Gasteiger partial charge in [-0.2, -0.15) is 0 Å². The Balaban J connectivity index is 0.000000325. The molecule has 1 rings (SSSR count). The van der Waals surface area contributed by atoms with E-state index in [1.165, 1.54) is 0 Å². The van der Waals surface area contributed by atoms with Crippen LogP contribution in [-0.4, -0.2) is 61.8 Å². The minimum atomic E-state index is -0.337. The van der Waals surface area contributed by atoms with E-state index in [0.29, 0.717) is 31.9 Å². The van der Waals surface area contributed by atoms with Crippen molar-refractivity contribution in [3.05, 3.63) is 12.2 Å². The monoisotopic (exact) mass is 247 g/mol. The molecule has 1 fully saturated rings. The van der Waals surface area contributed by atoms with E-state index in [1.807, 2.05) is 0 Å². The summed E-state index contributed by atoms with van der Waals surface area (Å²) < 4.78 is 9.60. The highest BCUT2D eigenvalue weighted by molar-refractivity contribution is 5.86. The van der Waals surface area contributed by atoms with Gasteiger partial charge in [-0.05, 0) is 6.92 Å². The van der Waals surface area contributed by atoms with Crippen LogP contribution in [0.5, 0.6) is 0 Å². The van der Waals surface area contributed by atoms with Crippen molar-refractivity contribution in [2.24, 2.45) is 0 Å². The van der Waals surface area contributed by atoms with E-state index >= 15 is 0 Å². The van der Waals surface area contributed by atoms with Gasteiger partial charge >= 0.3 is 5.97 Å². The lowest BCUT2D eigenvalue weighted by atomic mass is 10.4. The minimum absolute atomic E-state index is 0.139. The molecule has 0 aromatic rings. The SMILES string of the molecule is C=C(C)C(=O)OCC1CO1.OCCNCCO. The zero-order chi connectivity index (χ0) is 13.1. The second kappa shape index (κ2) is 10.2. The molecule has 1 unspecified atom stereocenters. The normalized spacial score (nSPS) is 16.8. The maximum atomic E-state index is 10.7. The van der Waals surface area contributed by atoms with Crippen LogP contribution >= 0.6 is 0 Å². The van der Waals surface area contributed by atoms with Gasteiger partial charge in [0.1, 0.15) is 12.7 Å². The molecule has 1 atom stereocenters. The van der Waals surface area contributed by atoms with Crippen LogP contribution in [0.25, 0.3) is 0 Å². The van der Waals surface area contributed by atoms with E-state index in [1.54, 1.807) is 6.92 Å². The summed E-state index contributed by atoms with van der Waals surface area (Å²) in [4.78, 5) is 10.7. The van der Waals surface area contributed by atoms with E-state index in [-0.39, 0.29) is 25.3 Å². The average molecular weight is 247 g/mol. The lowest BCUT2D eigenvalue weighted by molar-refractivity contribution is -0.139. The van der Waals surface area contributed by atoms with Crippen molar-refractivity contribution in [3.63, 3.8) is 0 Å². The Morgan fingerprint density at radius 1 is 1.47 bits per heavy atom. The molecule has 3 N–H and O–H groups in total. The summed E-state index contributed by atoms with van der Waals surface area (Å²) in [5, 5.41) is 19.1. The van der Waals surface area contributed by atoms with Gasteiger partial charge in [-0.25, -0.2) is 4.79 Å². The number of epoxide rings is 1. The van der Waals surface area contributed by atoms with Crippen LogP contribution in [0.15, 0.2) is 12.2 Å². The summed E-state index contributed by atoms with van der Waals surface area (Å²) in [6.45, 7) is 7.56. The van der Waals surface area contributed by atoms with Crippen molar-refractivity contribution in [3.8, 4) is 0 Å². The summed E-state index contributed by atoms with van der Waals surface area (Å²) in [5.41, 5.74) is 0.431. The van der Waals surface area contributed by atoms with Crippen LogP contribution in [-0.2, 0) is 14.3 Å². The molecule has 1 aliphatic heterocycles. The molecule has 0 aliphatic carbocycles. The third-order valence-electron chi connectivity index (χ3n) is 1.73. The molecule has 6 heteroatoms. The minimum Gasteiger partial charge on any atom is -0.459 e. The lowest BCUT2D eigenvalue weighted by Gasteiger charge is -1.99. The van der Waals surface area contributed by atoms with Gasteiger partial charge in [0, 0.05) is 18.7 Å². The third-order valence-corrected chi connectivity index (χ3v) is 1.73. The van der Waals surface area contributed by atoms with Gasteiger partial charge in [0.2, 0.25) is 0 Å². The molecular weight excluding hydrogens is 226 g/mol. The zero-order valence-corrected chi connectivity index (χ0v) is 10.1. The molecule has 1 aliphatic rings. The maximum absolute atomic E-state index is 10.7. The number of ether oxygens (including phenoxy) is 2. The summed E-state index contributed by atoms with van der Waals surface area (Å²) >= 11 is 0. The highest BCUT2D eigenvalue weighted by Gasteiger charge is 2.24. The molecule has 0 bridgehead atoms. The fraction of sp³-hybridized carbons (Fsp3) is 0.727. The van der Waals surface area contributed by atoms with Crippen LogP contribution in [0, 0.1) is 0 Å². The molecule has 0 saturated carbocycles. The van der Waals surface area contributed by atoms with E-state index in [0.717, 1.165) is 0 Å². The fourth-order valence-corrected chi connectivity index (χ4v) is 0.739. The molecule has 17 heavy (non-hydrogen) atoms. The second-order valence-corrected chi connectivity index (χ2v) is 3.53. The molecule has 1 saturated heterocycles. The van der Waals surface area contributed by atoms with Crippen LogP contribution < -0.4 is 5.32 Å². The number of esters is 1. The van der Waals surface area contributed by atoms with Gasteiger partial charge in [-0.1, -0.05) is 6.58 Å². The topological polar surface area (TPSA) is 91.3 Å². The molecule has 0 spiro atoms. The highest BCUT2D eigenvalue weighted by atomic mass is 16.6. The number of hydrogen-bond donors (Lipinski definition) is 3. The highest BCUT2D eigenvalue weighted by Crippen LogP contribution is 2.09. The molecule has 1 heterocycles. The number of carbonyl (C=O) groups is 1. The van der Waals surface area contributed by atoms with Crippen LogP contribution in [0.1, 0.15) is 6.92 Å². The van der Waals surface area contributed by atoms with Crippen molar-refractivity contribution in [2.75, 3.05) is 39.5 Å². The summed E-state index contributed by atoms with van der Waals surface area (Å²) in [7, 11) is 0. The van der Waals surface area contributed by atoms with E-state index < -0.39 is 0 Å². The largest absolute Gasteiger partial charge is 0.459 e. The van der Waals surface area contributed by atoms with Gasteiger partial charge in [-0.3, -0.25) is 0 Å². The van der Waals surface area contributed by atoms with Crippen LogP contribution in [0.4, 0.5) is 0 Å². The number of hydrogen-bond acceptors (Lipinski definition) is 6. The Labute approximate surface area is 101 Å². The molecular formula is C11H21NO5. The van der Waals surface area contributed by atoms with Crippen molar-refractivity contribution < 1.29 is 24.5 Å². The Morgan fingerprint density at radius 2 is 2.00 bits per heavy atom. The zero-order valence-electron chi connectivity index (χ0n) is 10.1. The number of aliphatic hydroxyl groups excluding tert-OH is 2. The molecule has 100 valence electrons. The second-order valence-electron chi connectivity index (χ2n) is 3.53. The Hall–Kier alpha value is -0.950. The van der Waals surface area contributed by atoms with E-state index in [9.17, 15) is 4.79 Å². The van der Waals surface area contributed by atoms with Gasteiger partial charge in [0.25, 0.3) is 0 Å². The predicted molar refractivity (Wildman–Crippen MR) is 62.6 cm³/mol. The number of aliphatic hydroxyl groups is 2. The molecule has 0 radical (unpaired) electrons. The first-order chi connectivity index (χ1) is 8.11. The Kier molecular flexibility index (Phi) is 9.65. The number of rotatable bonds is 7. The van der Waals surface area contributed by atoms with E-state index in [4.69, 9.17) is 19.7 Å². The Bertz CT molecular complexity index is 224. The van der Waals surface area contributed by atoms with Crippen LogP contribution in [0.3, 0.4) is 0 Å². The van der Waals surface area contributed by atoms with Gasteiger partial charge in [-0.15, -0.1) is 0 Å². The first-order valence-electron chi connectivity index (χ1n) is 5.48. The summed E-state index contributed by atoms with van der Waals surface area (Å²) in [5.74, 6) is -0.337. The first-order valence-corrected chi connectivity index (χ1v) is 5.48. The van der Waals surface area contributed by atoms with Gasteiger partial charge in [0.05, 0.1) is 19.8 Å². The molecule has 0 amide bonds. The summed E-state index contributed by atoms with van der Waals surface area (Å²) in [6.07, 6.45) is 0.142. The molecule has 6 nitrogen and oxygen atoms in total. The van der Waals surface area contributed by atoms with Crippen molar-refractivity contribution >= 4 is 5.97 Å². The molecule has 0 aromatic heterocycles. The number of nitrogens with one attached hydrogen (secondary N) is 1. The lowest BCUT2D eigenvalue weighted by Crippen LogP contribution is -2.21. The van der Waals surface area contributed by atoms with Crippen molar-refractivity contribution in [2.45, 2.75) is 13.0 Å². The summed E-state index contributed by atoms with van der Waals surface area (Å²) in [6, 6.07) is 0. The smallest absolute Gasteiger partial charge is 0.333 e. The first kappa shape index (κ1) is 16.1. The number of carbonyl (C=O) groups excluding carboxylic acids is 1. The van der Waals surface area contributed by atoms with Crippen molar-refractivity contribution in [1.29, 1.82) is 0 Å². The third kappa shape index (κ3) is 11.3. The van der Waals surface area contributed by atoms with Crippen molar-refractivity contribution in [1.82, 2.24) is 5.32 Å². The molecule has 0 aromatic carbocycles. The Morgan fingerprint density at radius 3 is 2.35 bits per heavy atom.